The van der Waals surface area contributed by atoms with E-state index >= 15 is 0 Å². The van der Waals surface area contributed by atoms with Gasteiger partial charge in [0, 0.05) is 43.0 Å². The number of anilines is 1. The summed E-state index contributed by atoms with van der Waals surface area (Å²) in [6.07, 6.45) is 9.30. The molecule has 0 saturated heterocycles. The number of nitrogens with zero attached hydrogens (tertiary/aromatic N) is 3. The van der Waals surface area contributed by atoms with E-state index in [1.807, 2.05) is 20.8 Å². The molecule has 2 aliphatic rings. The van der Waals surface area contributed by atoms with Crippen LogP contribution in [0.25, 0.3) is 0 Å². The first kappa shape index (κ1) is 21.2. The Balaban J connectivity index is 1.47. The number of hydrogen-bond donors (Lipinski definition) is 2. The molecule has 0 saturated carbocycles. The van der Waals surface area contributed by atoms with Gasteiger partial charge in [-0.3, -0.25) is 4.79 Å². The van der Waals surface area contributed by atoms with Gasteiger partial charge in [-0.2, -0.15) is 10.2 Å². The summed E-state index contributed by atoms with van der Waals surface area (Å²) in [4.78, 5) is 29.9. The van der Waals surface area contributed by atoms with Crippen molar-refractivity contribution in [2.24, 2.45) is 10.2 Å². The minimum absolute atomic E-state index is 0.00968. The molecule has 1 aromatic heterocycles. The van der Waals surface area contributed by atoms with E-state index in [4.69, 9.17) is 11.2 Å². The lowest BCUT2D eigenvalue weighted by molar-refractivity contribution is -0.116. The van der Waals surface area contributed by atoms with Gasteiger partial charge in [0.2, 0.25) is 5.91 Å². The Kier molecular flexibility index (Phi) is 6.22. The van der Waals surface area contributed by atoms with Gasteiger partial charge in [-0.05, 0) is 33.6 Å². The van der Waals surface area contributed by atoms with Crippen molar-refractivity contribution in [2.75, 3.05) is 5.32 Å². The van der Waals surface area contributed by atoms with E-state index in [9.17, 15) is 9.59 Å². The Morgan fingerprint density at radius 3 is 2.76 bits per heavy atom. The topological polar surface area (TPSA) is 105 Å². The maximum atomic E-state index is 12.3. The molecule has 3 rings (SSSR count). The van der Waals surface area contributed by atoms with Crippen molar-refractivity contribution < 1.29 is 14.3 Å². The van der Waals surface area contributed by atoms with Gasteiger partial charge in [-0.25, -0.2) is 9.78 Å². The molecule has 0 bridgehead atoms. The van der Waals surface area contributed by atoms with E-state index < -0.39 is 17.4 Å². The lowest BCUT2D eigenvalue weighted by atomic mass is 9.98. The van der Waals surface area contributed by atoms with Crippen molar-refractivity contribution in [3.8, 4) is 12.3 Å². The highest BCUT2D eigenvalue weighted by atomic mass is 32.1. The number of rotatable bonds is 7. The number of carbonyl (C=O) groups excluding carboxylic acids is 2. The smallest absolute Gasteiger partial charge is 0.407 e. The van der Waals surface area contributed by atoms with Gasteiger partial charge < -0.3 is 15.4 Å². The summed E-state index contributed by atoms with van der Waals surface area (Å²) in [6.45, 7) is 5.52. The molecular weight excluding hydrogens is 390 g/mol. The molecule has 0 radical (unpaired) electrons. The number of ether oxygens (including phenoxy) is 1. The van der Waals surface area contributed by atoms with Crippen LogP contribution in [-0.4, -0.2) is 34.3 Å². The highest BCUT2D eigenvalue weighted by Crippen LogP contribution is 2.37. The van der Waals surface area contributed by atoms with Gasteiger partial charge in [0.25, 0.3) is 0 Å². The van der Waals surface area contributed by atoms with E-state index in [1.165, 1.54) is 11.3 Å². The Bertz CT molecular complexity index is 843. The number of thiazole rings is 1. The Hall–Kier alpha value is -2.47. The van der Waals surface area contributed by atoms with Crippen LogP contribution < -0.4 is 10.6 Å². The maximum Gasteiger partial charge on any atom is 0.407 e. The van der Waals surface area contributed by atoms with E-state index in [0.29, 0.717) is 37.2 Å². The zero-order chi connectivity index (χ0) is 21.1. The van der Waals surface area contributed by atoms with Gasteiger partial charge in [0.1, 0.15) is 5.60 Å². The van der Waals surface area contributed by atoms with E-state index in [-0.39, 0.29) is 11.9 Å². The van der Waals surface area contributed by atoms with Crippen LogP contribution in [0.2, 0.25) is 0 Å². The Morgan fingerprint density at radius 1 is 1.34 bits per heavy atom. The number of nitrogens with one attached hydrogen (secondary N) is 2. The average molecular weight is 418 g/mol. The van der Waals surface area contributed by atoms with Crippen LogP contribution in [0, 0.1) is 12.3 Å². The highest BCUT2D eigenvalue weighted by molar-refractivity contribution is 7.15. The number of aryl methyl sites for hydroxylation is 1. The van der Waals surface area contributed by atoms with Crippen LogP contribution in [-0.2, 0) is 22.4 Å². The van der Waals surface area contributed by atoms with Crippen molar-refractivity contribution >= 4 is 28.5 Å². The molecule has 2 amide bonds. The van der Waals surface area contributed by atoms with Gasteiger partial charge in [-0.15, -0.1) is 23.7 Å². The number of aromatic nitrogens is 1. The number of alkyl carbamates (subject to hydrolysis) is 1. The maximum absolute atomic E-state index is 12.3. The largest absolute Gasteiger partial charge is 0.444 e. The van der Waals surface area contributed by atoms with Crippen molar-refractivity contribution in [3.63, 3.8) is 0 Å². The molecule has 9 heteroatoms. The van der Waals surface area contributed by atoms with Crippen molar-refractivity contribution in [1.29, 1.82) is 0 Å². The molecule has 1 aliphatic carbocycles. The molecular formula is C20H27N5O3S. The van der Waals surface area contributed by atoms with Gasteiger partial charge in [0.05, 0.1) is 5.69 Å². The SMILES string of the molecule is C#CCCC1(CCC(=O)Nc2nc3c(s2)C[C@@H](NC(=O)OC(C)(C)C)CC3)N=N1. The molecule has 0 spiro atoms. The number of hydrogen-bond acceptors (Lipinski definition) is 7. The van der Waals surface area contributed by atoms with Gasteiger partial charge in [-0.1, -0.05) is 0 Å². The second-order valence-electron chi connectivity index (χ2n) is 8.41. The zero-order valence-corrected chi connectivity index (χ0v) is 17.9. The van der Waals surface area contributed by atoms with Gasteiger partial charge in [0.15, 0.2) is 10.8 Å². The first-order valence-corrected chi connectivity index (χ1v) is 10.7. The normalized spacial score (nSPS) is 19.0. The number of amides is 2. The fourth-order valence-electron chi connectivity index (χ4n) is 3.19. The third-order valence-corrected chi connectivity index (χ3v) is 5.75. The molecule has 1 aromatic rings. The standard InChI is InChI=1S/C20H27N5O3S/c1-5-6-10-20(24-25-20)11-9-16(26)23-17-22-14-8-7-13(12-15(14)29-17)21-18(27)28-19(2,3)4/h1,13H,6-12H2,2-4H3,(H,21,27)(H,22,23,26)/t13-/m0/s1. The first-order valence-electron chi connectivity index (χ1n) is 9.83. The van der Waals surface area contributed by atoms with E-state index in [2.05, 4.69) is 31.8 Å². The summed E-state index contributed by atoms with van der Waals surface area (Å²) >= 11 is 1.46. The monoisotopic (exact) mass is 417 g/mol. The second kappa shape index (κ2) is 8.49. The first-order chi connectivity index (χ1) is 13.7. The van der Waals surface area contributed by atoms with Crippen LogP contribution in [0.1, 0.15) is 63.4 Å². The average Bonchev–Trinajstić information content (AvgIpc) is 3.28. The lowest BCUT2D eigenvalue weighted by Crippen LogP contribution is -2.41. The molecule has 2 N–H and O–H groups in total. The molecule has 2 heterocycles. The number of carbonyl (C=O) groups is 2. The molecule has 0 unspecified atom stereocenters. The third kappa shape index (κ3) is 6.26. The van der Waals surface area contributed by atoms with Crippen LogP contribution in [0.4, 0.5) is 9.93 Å². The quantitative estimate of drug-likeness (QED) is 0.658. The Labute approximate surface area is 174 Å². The summed E-state index contributed by atoms with van der Waals surface area (Å²) < 4.78 is 5.32. The summed E-state index contributed by atoms with van der Waals surface area (Å²) in [5.41, 5.74) is 0.0174. The fourth-order valence-corrected chi connectivity index (χ4v) is 4.29. The fraction of sp³-hybridized carbons (Fsp3) is 0.650. The predicted molar refractivity (Wildman–Crippen MR) is 111 cm³/mol. The van der Waals surface area contributed by atoms with E-state index in [0.717, 1.165) is 23.4 Å². The molecule has 0 aromatic carbocycles. The predicted octanol–water partition coefficient (Wildman–Crippen LogP) is 3.82. The molecule has 1 atom stereocenters. The second-order valence-corrected chi connectivity index (χ2v) is 9.49. The highest BCUT2D eigenvalue weighted by Gasteiger charge is 2.39. The third-order valence-electron chi connectivity index (χ3n) is 4.71. The summed E-state index contributed by atoms with van der Waals surface area (Å²) in [5.74, 6) is 2.48. The van der Waals surface area contributed by atoms with Crippen molar-refractivity contribution in [3.05, 3.63) is 10.6 Å². The molecule has 0 fully saturated rings. The van der Waals surface area contributed by atoms with Gasteiger partial charge >= 0.3 is 6.09 Å². The summed E-state index contributed by atoms with van der Waals surface area (Å²) in [6, 6.07) is 0.00968. The van der Waals surface area contributed by atoms with Crippen LogP contribution in [0.5, 0.6) is 0 Å². The zero-order valence-electron chi connectivity index (χ0n) is 17.1. The van der Waals surface area contributed by atoms with Crippen molar-refractivity contribution in [1.82, 2.24) is 10.3 Å². The number of terminal acetylenes is 1. The van der Waals surface area contributed by atoms with Crippen LogP contribution in [0.15, 0.2) is 10.2 Å². The minimum Gasteiger partial charge on any atom is -0.444 e. The minimum atomic E-state index is -0.522. The van der Waals surface area contributed by atoms with Crippen molar-refractivity contribution in [2.45, 2.75) is 83.0 Å². The molecule has 8 nitrogen and oxygen atoms in total. The summed E-state index contributed by atoms with van der Waals surface area (Å²) in [7, 11) is 0. The van der Waals surface area contributed by atoms with Crippen LogP contribution in [0.3, 0.4) is 0 Å². The lowest BCUT2D eigenvalue weighted by Gasteiger charge is -2.25. The van der Waals surface area contributed by atoms with Crippen LogP contribution >= 0.6 is 11.3 Å². The molecule has 29 heavy (non-hydrogen) atoms. The Morgan fingerprint density at radius 2 is 2.10 bits per heavy atom. The number of fused-ring (bicyclic) bond motifs is 1. The van der Waals surface area contributed by atoms with E-state index in [1.54, 1.807) is 0 Å². The molecule has 1 aliphatic heterocycles. The summed E-state index contributed by atoms with van der Waals surface area (Å²) in [5, 5.41) is 14.5. The molecule has 156 valence electrons.